The molecule has 0 aliphatic carbocycles. The molecule has 16 heteroatoms. The van der Waals surface area contributed by atoms with Gasteiger partial charge < -0.3 is 35.6 Å². The van der Waals surface area contributed by atoms with Gasteiger partial charge in [0.05, 0.1) is 51.1 Å². The van der Waals surface area contributed by atoms with Gasteiger partial charge >= 0.3 is 0 Å². The molecule has 0 saturated carbocycles. The highest BCUT2D eigenvalue weighted by Crippen LogP contribution is 2.33. The lowest BCUT2D eigenvalue weighted by Gasteiger charge is -2.34. The van der Waals surface area contributed by atoms with Gasteiger partial charge in [0.1, 0.15) is 23.7 Å². The van der Waals surface area contributed by atoms with E-state index in [0.717, 1.165) is 143 Å². The first kappa shape index (κ1) is 49.1. The number of carbonyl (C=O) groups is 2. The third-order valence-corrected chi connectivity index (χ3v) is 13.3. The molecule has 7 aromatic rings. The molecule has 0 spiro atoms. The number of amides is 2. The zero-order valence-corrected chi connectivity index (χ0v) is 40.2. The summed E-state index contributed by atoms with van der Waals surface area (Å²) in [4.78, 5) is 63.6. The van der Waals surface area contributed by atoms with Crippen molar-refractivity contribution in [3.63, 3.8) is 0 Å². The highest BCUT2D eigenvalue weighted by Gasteiger charge is 2.29. The number of rotatable bonds is 5. The third-order valence-electron chi connectivity index (χ3n) is 12.3. The summed E-state index contributed by atoms with van der Waals surface area (Å²) in [6.45, 7) is 19.1. The van der Waals surface area contributed by atoms with Crippen molar-refractivity contribution in [2.75, 3.05) is 77.1 Å². The van der Waals surface area contributed by atoms with Gasteiger partial charge in [-0.05, 0) is 94.6 Å². The Bertz CT molecular complexity index is 2690. The highest BCUT2D eigenvalue weighted by atomic mass is 32.1. The summed E-state index contributed by atoms with van der Waals surface area (Å²) in [7, 11) is 5.67. The number of anilines is 2. The number of hydrogen-bond acceptors (Lipinski definition) is 13. The van der Waals surface area contributed by atoms with Crippen LogP contribution in [0.5, 0.6) is 0 Å². The molecule has 0 atom stereocenters. The van der Waals surface area contributed by atoms with E-state index in [2.05, 4.69) is 77.4 Å². The summed E-state index contributed by atoms with van der Waals surface area (Å²) in [6.07, 6.45) is 12.4. The first-order chi connectivity index (χ1) is 32.2. The van der Waals surface area contributed by atoms with Crippen LogP contribution in [0.1, 0.15) is 87.7 Å². The van der Waals surface area contributed by atoms with Gasteiger partial charge in [-0.3, -0.25) is 19.6 Å². The molecule has 10 rings (SSSR count). The maximum atomic E-state index is 13.2. The zero-order chi connectivity index (χ0) is 47.3. The minimum absolute atomic E-state index is 0.106. The fraction of sp³-hybridized carbons (Fsp3) is 0.400. The van der Waals surface area contributed by atoms with Crippen molar-refractivity contribution in [2.45, 2.75) is 58.3 Å². The summed E-state index contributed by atoms with van der Waals surface area (Å²) in [6, 6.07) is 15.9. The number of pyridine rings is 2. The van der Waals surface area contributed by atoms with Crippen LogP contribution in [0.15, 0.2) is 92.9 Å². The number of thiophene rings is 1. The summed E-state index contributed by atoms with van der Waals surface area (Å²) in [5, 5.41) is 1.15. The molecular formula is C50H65N13O2S. The number of aromatic nitrogens is 7. The second-order valence-electron chi connectivity index (χ2n) is 16.2. The Morgan fingerprint density at radius 2 is 1.23 bits per heavy atom. The van der Waals surface area contributed by atoms with Crippen LogP contribution in [-0.4, -0.2) is 127 Å². The molecule has 3 aliphatic rings. The second-order valence-corrected chi connectivity index (χ2v) is 17.5. The van der Waals surface area contributed by atoms with Crippen molar-refractivity contribution in [1.29, 1.82) is 0 Å². The number of benzene rings is 1. The molecule has 3 saturated heterocycles. The number of fused-ring (bicyclic) bond motifs is 3. The number of nitrogens with zero attached hydrogens (tertiary/aromatic N) is 11. The summed E-state index contributed by atoms with van der Waals surface area (Å²) in [5.41, 5.74) is 19.2. The Morgan fingerprint density at radius 3 is 1.80 bits per heavy atom. The molecule has 1 aromatic carbocycles. The minimum atomic E-state index is 0.106. The third kappa shape index (κ3) is 11.2. The highest BCUT2D eigenvalue weighted by molar-refractivity contribution is 7.13. The maximum Gasteiger partial charge on any atom is 0.263 e. The maximum absolute atomic E-state index is 13.2. The van der Waals surface area contributed by atoms with Crippen molar-refractivity contribution in [3.05, 3.63) is 120 Å². The van der Waals surface area contributed by atoms with E-state index in [1.54, 1.807) is 30.2 Å². The van der Waals surface area contributed by atoms with Gasteiger partial charge in [0.2, 0.25) is 0 Å². The van der Waals surface area contributed by atoms with Gasteiger partial charge in [-0.1, -0.05) is 19.9 Å². The van der Waals surface area contributed by atoms with Gasteiger partial charge in [0, 0.05) is 93.4 Å². The van der Waals surface area contributed by atoms with Crippen LogP contribution in [0.2, 0.25) is 0 Å². The standard InChI is InChI=1S/C27H31N7O.C18H19N5OS.C2H6.C2H4.CH5N/c1-31-11-13-33(14-12-31)22-16-23-26(28-17-22)25(30-18-29-23)20-6-9-34(10-7-20)27(35)21-4-3-19-5-8-32(2)24(19)15-21;1-11-2-3-15(25-11)18(24)23-6-4-12(5-7-23)16-17-14(21-10-22-16)8-13(19)9-20-17;3*1-2/h3-5,8,15-18,20H,6-7,9-14H2,1-2H3;2-3,8-10,12H,4-7,19H2,1H3;1-2H3;1-2H2;2H2,1H3. The molecule has 66 heavy (non-hydrogen) atoms. The first-order valence-corrected chi connectivity index (χ1v) is 23.7. The molecule has 2 amide bonds. The van der Waals surface area contributed by atoms with Crippen molar-refractivity contribution >= 4 is 67.5 Å². The Kier molecular flexibility index (Phi) is 17.3. The number of hydrogen-bond donors (Lipinski definition) is 2. The monoisotopic (exact) mass is 912 g/mol. The number of nitrogen functional groups attached to an aromatic ring is 1. The molecule has 4 N–H and O–H groups in total. The second kappa shape index (κ2) is 23.2. The molecular weight excluding hydrogens is 847 g/mol. The smallest absolute Gasteiger partial charge is 0.263 e. The zero-order valence-electron chi connectivity index (χ0n) is 39.4. The molecule has 0 bridgehead atoms. The minimum Gasteiger partial charge on any atom is -0.397 e. The largest absolute Gasteiger partial charge is 0.397 e. The molecule has 6 aromatic heterocycles. The van der Waals surface area contributed by atoms with Crippen molar-refractivity contribution in [3.8, 4) is 0 Å². The van der Waals surface area contributed by atoms with Crippen LogP contribution >= 0.6 is 11.3 Å². The Hall–Kier alpha value is -6.36. The number of carbonyl (C=O) groups excluding carboxylic acids is 2. The van der Waals surface area contributed by atoms with Crippen LogP contribution < -0.4 is 16.4 Å². The molecule has 0 radical (unpaired) electrons. The van der Waals surface area contributed by atoms with E-state index in [9.17, 15) is 9.59 Å². The van der Waals surface area contributed by atoms with E-state index in [4.69, 9.17) is 10.7 Å². The lowest BCUT2D eigenvalue weighted by atomic mass is 9.92. The van der Waals surface area contributed by atoms with Gasteiger partial charge in [-0.25, -0.2) is 19.9 Å². The van der Waals surface area contributed by atoms with E-state index < -0.39 is 0 Å². The number of likely N-dealkylation sites (N-methyl/N-ethyl adjacent to an activating group) is 1. The average molecular weight is 912 g/mol. The van der Waals surface area contributed by atoms with Crippen LogP contribution in [-0.2, 0) is 7.05 Å². The van der Waals surface area contributed by atoms with Crippen LogP contribution in [0.4, 0.5) is 11.4 Å². The number of nitrogens with two attached hydrogens (primary N) is 2. The lowest BCUT2D eigenvalue weighted by Crippen LogP contribution is -2.44. The topological polar surface area (TPSA) is 181 Å². The number of piperidine rings is 2. The quantitative estimate of drug-likeness (QED) is 0.161. The summed E-state index contributed by atoms with van der Waals surface area (Å²) in [5.74, 6) is 0.807. The summed E-state index contributed by atoms with van der Waals surface area (Å²) < 4.78 is 2.06. The predicted molar refractivity (Wildman–Crippen MR) is 269 cm³/mol. The summed E-state index contributed by atoms with van der Waals surface area (Å²) >= 11 is 1.56. The van der Waals surface area contributed by atoms with E-state index in [1.165, 1.54) is 7.05 Å². The fourth-order valence-electron chi connectivity index (χ4n) is 8.76. The molecule has 0 unspecified atom stereocenters. The Balaban J connectivity index is 0.000000205. The van der Waals surface area contributed by atoms with E-state index in [0.29, 0.717) is 5.69 Å². The van der Waals surface area contributed by atoms with E-state index in [1.807, 2.05) is 86.4 Å². The van der Waals surface area contributed by atoms with Crippen molar-refractivity contribution in [2.24, 2.45) is 12.8 Å². The number of likely N-dealkylation sites (tertiary alicyclic amines) is 2. The fourth-order valence-corrected chi connectivity index (χ4v) is 9.60. The molecule has 3 aliphatic heterocycles. The number of piperazine rings is 1. The molecule has 9 heterocycles. The molecule has 348 valence electrons. The van der Waals surface area contributed by atoms with Crippen molar-refractivity contribution < 1.29 is 9.59 Å². The van der Waals surface area contributed by atoms with Crippen LogP contribution in [0.3, 0.4) is 0 Å². The van der Waals surface area contributed by atoms with Gasteiger partial charge in [-0.15, -0.1) is 24.5 Å². The predicted octanol–water partition coefficient (Wildman–Crippen LogP) is 7.69. The first-order valence-electron chi connectivity index (χ1n) is 22.9. The Morgan fingerprint density at radius 1 is 0.667 bits per heavy atom. The van der Waals surface area contributed by atoms with Crippen LogP contribution in [0.25, 0.3) is 33.0 Å². The van der Waals surface area contributed by atoms with E-state index in [-0.39, 0.29) is 23.7 Å². The molecule has 3 fully saturated rings. The SMILES string of the molecule is C=C.CC.CN.CN1CCN(c2cnc3c(C4CCN(C(=O)c5ccc6ccn(C)c6c5)CC4)ncnc3c2)CC1.Cc1ccc(C(=O)N2CCC(c3ncnc4cc(N)cnc34)CC2)s1. The number of aryl methyl sites for hydroxylation is 2. The average Bonchev–Trinajstić information content (AvgIpc) is 3.99. The van der Waals surface area contributed by atoms with Gasteiger partial charge in [-0.2, -0.15) is 0 Å². The van der Waals surface area contributed by atoms with Crippen LogP contribution in [0, 0.1) is 6.92 Å². The van der Waals surface area contributed by atoms with Gasteiger partial charge in [0.25, 0.3) is 11.8 Å². The normalized spacial score (nSPS) is 15.7. The van der Waals surface area contributed by atoms with Crippen molar-refractivity contribution in [1.82, 2.24) is 49.2 Å². The molecule has 15 nitrogen and oxygen atoms in total. The lowest BCUT2D eigenvalue weighted by molar-refractivity contribution is 0.0707. The Labute approximate surface area is 392 Å². The van der Waals surface area contributed by atoms with E-state index >= 15 is 0 Å². The van der Waals surface area contributed by atoms with Gasteiger partial charge in [0.15, 0.2) is 0 Å².